The van der Waals surface area contributed by atoms with Gasteiger partial charge in [-0.15, -0.1) is 0 Å². The van der Waals surface area contributed by atoms with Gasteiger partial charge in [-0.3, -0.25) is 24.4 Å². The maximum absolute atomic E-state index is 12.9. The number of anilines is 1. The number of carbonyl (C=O) groups excluding carboxylic acids is 1. The highest BCUT2D eigenvalue weighted by Crippen LogP contribution is 2.21. The molecule has 0 bridgehead atoms. The molecule has 2 aromatic carbocycles. The number of hydrogen-bond acceptors (Lipinski definition) is 5. The number of nitrogens with zero attached hydrogens (tertiary/aromatic N) is 3. The van der Waals surface area contributed by atoms with Crippen molar-refractivity contribution in [3.63, 3.8) is 0 Å². The summed E-state index contributed by atoms with van der Waals surface area (Å²) in [4.78, 5) is 35.8. The Morgan fingerprint density at radius 3 is 2.52 bits per heavy atom. The second-order valence-corrected chi connectivity index (χ2v) is 6.44. The van der Waals surface area contributed by atoms with Crippen LogP contribution in [0.4, 0.5) is 11.4 Å². The lowest BCUT2D eigenvalue weighted by Crippen LogP contribution is -2.32. The molecule has 1 heterocycles. The summed E-state index contributed by atoms with van der Waals surface area (Å²) in [5.41, 5.74) is 0.891. The molecule has 3 rings (SSSR count). The zero-order valence-corrected chi connectivity index (χ0v) is 16.2. The Morgan fingerprint density at radius 2 is 1.86 bits per heavy atom. The number of benzene rings is 2. The van der Waals surface area contributed by atoms with Crippen molar-refractivity contribution in [1.82, 2.24) is 9.36 Å². The standard InChI is InChI=1S/C20H20N4O5/c1-13-18(20(26)23(22(13)3)15-8-5-4-6-9-15)21-19(25)14(2)29-17-11-7-10-16(12-17)24(27)28/h4-12,14H,1-3H3,(H,21,25)/t14-/m1/s1. The largest absolute Gasteiger partial charge is 0.481 e. The Kier molecular flexibility index (Phi) is 5.49. The third-order valence-electron chi connectivity index (χ3n) is 4.51. The van der Waals surface area contributed by atoms with Gasteiger partial charge in [0.2, 0.25) is 0 Å². The van der Waals surface area contributed by atoms with Gasteiger partial charge in [0.25, 0.3) is 17.2 Å². The van der Waals surface area contributed by atoms with E-state index in [1.54, 1.807) is 30.8 Å². The number of non-ortho nitro benzene ring substituents is 1. The highest BCUT2D eigenvalue weighted by molar-refractivity contribution is 5.94. The number of para-hydroxylation sites is 1. The number of rotatable bonds is 6. The summed E-state index contributed by atoms with van der Waals surface area (Å²) < 4.78 is 8.62. The van der Waals surface area contributed by atoms with Gasteiger partial charge in [0.1, 0.15) is 11.4 Å². The molecule has 150 valence electrons. The first kappa shape index (κ1) is 19.9. The van der Waals surface area contributed by atoms with Crippen LogP contribution < -0.4 is 15.6 Å². The normalized spacial score (nSPS) is 11.7. The first-order valence-corrected chi connectivity index (χ1v) is 8.85. The predicted octanol–water partition coefficient (Wildman–Crippen LogP) is 2.80. The summed E-state index contributed by atoms with van der Waals surface area (Å²) in [6.07, 6.45) is -0.971. The molecule has 0 unspecified atom stereocenters. The Bertz CT molecular complexity index is 1120. The van der Waals surface area contributed by atoms with Crippen LogP contribution in [0.5, 0.6) is 5.75 Å². The van der Waals surface area contributed by atoms with E-state index in [2.05, 4.69) is 5.32 Å². The van der Waals surface area contributed by atoms with Crippen molar-refractivity contribution in [3.8, 4) is 11.4 Å². The number of ether oxygens (including phenoxy) is 1. The average molecular weight is 396 g/mol. The summed E-state index contributed by atoms with van der Waals surface area (Å²) in [5, 5.41) is 13.5. The van der Waals surface area contributed by atoms with Crippen molar-refractivity contribution in [3.05, 3.63) is 80.8 Å². The highest BCUT2D eigenvalue weighted by atomic mass is 16.6. The van der Waals surface area contributed by atoms with E-state index in [-0.39, 0.29) is 22.7 Å². The zero-order chi connectivity index (χ0) is 21.1. The molecule has 0 aliphatic carbocycles. The highest BCUT2D eigenvalue weighted by Gasteiger charge is 2.22. The van der Waals surface area contributed by atoms with Crippen LogP contribution in [-0.4, -0.2) is 26.3 Å². The topological polar surface area (TPSA) is 108 Å². The Morgan fingerprint density at radius 1 is 1.17 bits per heavy atom. The van der Waals surface area contributed by atoms with Crippen LogP contribution >= 0.6 is 0 Å². The lowest BCUT2D eigenvalue weighted by atomic mass is 10.3. The van der Waals surface area contributed by atoms with Gasteiger partial charge in [-0.1, -0.05) is 24.3 Å². The summed E-state index contributed by atoms with van der Waals surface area (Å²) in [7, 11) is 1.72. The average Bonchev–Trinajstić information content (AvgIpc) is 2.92. The van der Waals surface area contributed by atoms with Gasteiger partial charge in [0.05, 0.1) is 22.4 Å². The maximum Gasteiger partial charge on any atom is 0.295 e. The molecule has 9 nitrogen and oxygen atoms in total. The number of carbonyl (C=O) groups is 1. The molecule has 0 aliphatic rings. The molecule has 0 saturated heterocycles. The molecule has 1 aromatic heterocycles. The molecule has 0 saturated carbocycles. The fourth-order valence-electron chi connectivity index (χ4n) is 2.87. The monoisotopic (exact) mass is 396 g/mol. The summed E-state index contributed by atoms with van der Waals surface area (Å²) in [6, 6.07) is 14.6. The molecular weight excluding hydrogens is 376 g/mol. The number of aromatic nitrogens is 2. The number of nitro groups is 1. The van der Waals surface area contributed by atoms with E-state index in [0.29, 0.717) is 11.4 Å². The van der Waals surface area contributed by atoms with E-state index >= 15 is 0 Å². The first-order chi connectivity index (χ1) is 13.8. The first-order valence-electron chi connectivity index (χ1n) is 8.85. The minimum Gasteiger partial charge on any atom is -0.481 e. The van der Waals surface area contributed by atoms with Crippen LogP contribution in [0.25, 0.3) is 5.69 Å². The molecule has 0 aliphatic heterocycles. The van der Waals surface area contributed by atoms with Crippen molar-refractivity contribution in [2.75, 3.05) is 5.32 Å². The summed E-state index contributed by atoms with van der Waals surface area (Å²) in [5.74, 6) is -0.351. The third kappa shape index (κ3) is 4.03. The third-order valence-corrected chi connectivity index (χ3v) is 4.51. The Labute approximate surface area is 166 Å². The van der Waals surface area contributed by atoms with E-state index in [4.69, 9.17) is 4.74 Å². The molecule has 1 N–H and O–H groups in total. The van der Waals surface area contributed by atoms with Crippen LogP contribution in [-0.2, 0) is 11.8 Å². The van der Waals surface area contributed by atoms with Crippen molar-refractivity contribution in [1.29, 1.82) is 0 Å². The number of hydrogen-bond donors (Lipinski definition) is 1. The van der Waals surface area contributed by atoms with Gasteiger partial charge in [-0.2, -0.15) is 0 Å². The molecule has 3 aromatic rings. The van der Waals surface area contributed by atoms with Crippen LogP contribution in [0.15, 0.2) is 59.4 Å². The molecule has 0 radical (unpaired) electrons. The minimum atomic E-state index is -0.971. The minimum absolute atomic E-state index is 0.139. The summed E-state index contributed by atoms with van der Waals surface area (Å²) in [6.45, 7) is 3.23. The van der Waals surface area contributed by atoms with Gasteiger partial charge < -0.3 is 10.1 Å². The molecule has 1 atom stereocenters. The van der Waals surface area contributed by atoms with Crippen LogP contribution in [0.3, 0.4) is 0 Å². The number of nitrogens with one attached hydrogen (secondary N) is 1. The smallest absolute Gasteiger partial charge is 0.295 e. The van der Waals surface area contributed by atoms with Gasteiger partial charge >= 0.3 is 0 Å². The van der Waals surface area contributed by atoms with E-state index in [0.717, 1.165) is 0 Å². The van der Waals surface area contributed by atoms with E-state index in [9.17, 15) is 19.7 Å². The number of amides is 1. The van der Waals surface area contributed by atoms with Crippen molar-refractivity contribution in [2.45, 2.75) is 20.0 Å². The molecule has 0 spiro atoms. The second kappa shape index (κ2) is 8.01. The van der Waals surface area contributed by atoms with Gasteiger partial charge in [-0.05, 0) is 32.0 Å². The maximum atomic E-state index is 12.9. The van der Waals surface area contributed by atoms with Gasteiger partial charge in [0, 0.05) is 13.1 Å². The Balaban J connectivity index is 1.81. The molecule has 9 heteroatoms. The molecule has 0 fully saturated rings. The quantitative estimate of drug-likeness (QED) is 0.509. The number of nitro benzene ring substituents is 1. The van der Waals surface area contributed by atoms with Crippen molar-refractivity contribution in [2.24, 2.45) is 7.05 Å². The van der Waals surface area contributed by atoms with Crippen LogP contribution in [0.1, 0.15) is 12.6 Å². The zero-order valence-electron chi connectivity index (χ0n) is 16.2. The molecule has 1 amide bonds. The second-order valence-electron chi connectivity index (χ2n) is 6.44. The van der Waals surface area contributed by atoms with Gasteiger partial charge in [0.15, 0.2) is 6.10 Å². The van der Waals surface area contributed by atoms with E-state index < -0.39 is 16.9 Å². The molecule has 29 heavy (non-hydrogen) atoms. The summed E-state index contributed by atoms with van der Waals surface area (Å²) >= 11 is 0. The van der Waals surface area contributed by atoms with Crippen molar-refractivity contribution < 1.29 is 14.5 Å². The van der Waals surface area contributed by atoms with Crippen LogP contribution in [0.2, 0.25) is 0 Å². The lowest BCUT2D eigenvalue weighted by molar-refractivity contribution is -0.384. The van der Waals surface area contributed by atoms with E-state index in [1.165, 1.54) is 35.9 Å². The Hall–Kier alpha value is -3.88. The van der Waals surface area contributed by atoms with Gasteiger partial charge in [-0.25, -0.2) is 4.68 Å². The van der Waals surface area contributed by atoms with Crippen LogP contribution in [0, 0.1) is 17.0 Å². The fraction of sp³-hybridized carbons (Fsp3) is 0.200. The van der Waals surface area contributed by atoms with Crippen molar-refractivity contribution >= 4 is 17.3 Å². The lowest BCUT2D eigenvalue weighted by Gasteiger charge is -2.14. The molecular formula is C20H20N4O5. The fourth-order valence-corrected chi connectivity index (χ4v) is 2.87. The predicted molar refractivity (Wildman–Crippen MR) is 108 cm³/mol. The SMILES string of the molecule is Cc1c(NC(=O)[C@@H](C)Oc2cccc([N+](=O)[O-])c2)c(=O)n(-c2ccccc2)n1C. The van der Waals surface area contributed by atoms with E-state index in [1.807, 2.05) is 18.2 Å².